The van der Waals surface area contributed by atoms with Crippen molar-refractivity contribution in [3.05, 3.63) is 100 Å². The molecule has 0 radical (unpaired) electrons. The van der Waals surface area contributed by atoms with Gasteiger partial charge in [0.05, 0.1) is 10.6 Å². The number of nitrogens with zero attached hydrogens (tertiary/aromatic N) is 3. The zero-order valence-corrected chi connectivity index (χ0v) is 22.6. The summed E-state index contributed by atoms with van der Waals surface area (Å²) in [5, 5.41) is 6.23. The van der Waals surface area contributed by atoms with Crippen LogP contribution in [0.3, 0.4) is 0 Å². The molecule has 0 saturated carbocycles. The molecule has 5 rings (SSSR count). The fraction of sp³-hybridized carbons (Fsp3) is 0.286. The lowest BCUT2D eigenvalue weighted by atomic mass is 9.96. The Morgan fingerprint density at radius 3 is 2.62 bits per heavy atom. The van der Waals surface area contributed by atoms with E-state index in [1.54, 1.807) is 50.2 Å². The highest BCUT2D eigenvalue weighted by atomic mass is 32.2. The summed E-state index contributed by atoms with van der Waals surface area (Å²) < 4.78 is 59.5. The van der Waals surface area contributed by atoms with Crippen LogP contribution in [0.25, 0.3) is 11.3 Å². The molecule has 0 fully saturated rings. The van der Waals surface area contributed by atoms with Crippen molar-refractivity contribution in [3.63, 3.8) is 0 Å². The van der Waals surface area contributed by atoms with Crippen LogP contribution in [0, 0.1) is 6.92 Å². The summed E-state index contributed by atoms with van der Waals surface area (Å²) in [4.78, 5) is 18.3. The second-order valence-corrected chi connectivity index (χ2v) is 11.9. The number of aromatic amines is 1. The van der Waals surface area contributed by atoms with E-state index in [1.165, 1.54) is 27.3 Å². The number of aromatic nitrogens is 3. The summed E-state index contributed by atoms with van der Waals surface area (Å²) in [5.41, 5.74) is 0.544. The molecule has 11 heteroatoms. The maximum absolute atomic E-state index is 14.9. The van der Waals surface area contributed by atoms with Crippen LogP contribution in [0.4, 0.5) is 14.6 Å². The Bertz CT molecular complexity index is 1690. The number of dihydropyridines is 1. The number of pyridine rings is 1. The molecular weight excluding hydrogens is 524 g/mol. The summed E-state index contributed by atoms with van der Waals surface area (Å²) in [5.74, 6) is -2.99. The van der Waals surface area contributed by atoms with Crippen LogP contribution in [0.15, 0.2) is 88.4 Å². The van der Waals surface area contributed by atoms with Gasteiger partial charge in [-0.25, -0.2) is 31.2 Å². The molecule has 0 amide bonds. The molecule has 2 aromatic heterocycles. The van der Waals surface area contributed by atoms with E-state index >= 15 is 0 Å². The molecular formula is C28H29F2N5O3S. The van der Waals surface area contributed by atoms with Crippen molar-refractivity contribution in [2.24, 2.45) is 0 Å². The van der Waals surface area contributed by atoms with Crippen LogP contribution in [-0.2, 0) is 22.1 Å². The first-order valence-corrected chi connectivity index (χ1v) is 13.9. The number of aryl methyl sites for hydroxylation is 1. The van der Waals surface area contributed by atoms with E-state index in [-0.39, 0.29) is 29.3 Å². The second kappa shape index (κ2) is 9.33. The average Bonchev–Trinajstić information content (AvgIpc) is 3.11. The number of rotatable bonds is 6. The number of sulfonamides is 1. The summed E-state index contributed by atoms with van der Waals surface area (Å²) in [6.07, 6.45) is 4.89. The zero-order chi connectivity index (χ0) is 28.2. The Balaban J connectivity index is 1.63. The van der Waals surface area contributed by atoms with E-state index in [1.807, 2.05) is 6.92 Å². The Labute approximate surface area is 225 Å². The first-order chi connectivity index (χ1) is 18.4. The summed E-state index contributed by atoms with van der Waals surface area (Å²) in [7, 11) is -3.98. The standard InChI is InChI=1S/C28H29F2N5O3S/c1-5-13-28(29,30)20-16-19(3)32-27(4,17-20)35-26(36)23-12-15-34(25-22(24(23)33-35)7-6-14-31-25)39(37,38)21-10-8-18(2)9-11-21/h5-11,14,16-17,32-33H,1,12-13,15H2,2-4H3. The van der Waals surface area contributed by atoms with Gasteiger partial charge in [-0.15, -0.1) is 6.58 Å². The third kappa shape index (κ3) is 4.50. The van der Waals surface area contributed by atoms with Gasteiger partial charge < -0.3 is 5.32 Å². The minimum Gasteiger partial charge on any atom is -0.362 e. The van der Waals surface area contributed by atoms with Crippen molar-refractivity contribution in [2.75, 3.05) is 10.8 Å². The highest BCUT2D eigenvalue weighted by molar-refractivity contribution is 7.92. The SMILES string of the molecule is C=CCC(F)(F)C1=CC(C)(n2[nH]c3c(c2=O)CCN(S(=O)(=O)c2ccc(C)cc2)c2ncccc2-3)NC(C)=C1. The van der Waals surface area contributed by atoms with Crippen molar-refractivity contribution < 1.29 is 17.2 Å². The van der Waals surface area contributed by atoms with Gasteiger partial charge in [-0.3, -0.25) is 9.89 Å². The topological polar surface area (TPSA) is 100 Å². The number of H-pyrrole nitrogens is 1. The van der Waals surface area contributed by atoms with Crippen LogP contribution >= 0.6 is 0 Å². The maximum Gasteiger partial charge on any atom is 0.276 e. The minimum absolute atomic E-state index is 0.0259. The largest absolute Gasteiger partial charge is 0.362 e. The number of fused-ring (bicyclic) bond motifs is 3. The van der Waals surface area contributed by atoms with Crippen molar-refractivity contribution in [2.45, 2.75) is 50.1 Å². The summed E-state index contributed by atoms with van der Waals surface area (Å²) in [6.45, 7) is 8.56. The van der Waals surface area contributed by atoms with Crippen molar-refractivity contribution >= 4 is 15.8 Å². The van der Waals surface area contributed by atoms with Crippen molar-refractivity contribution in [3.8, 4) is 11.3 Å². The molecule has 39 heavy (non-hydrogen) atoms. The van der Waals surface area contributed by atoms with E-state index in [0.717, 1.165) is 11.6 Å². The first-order valence-electron chi connectivity index (χ1n) is 12.4. The predicted octanol–water partition coefficient (Wildman–Crippen LogP) is 4.62. The van der Waals surface area contributed by atoms with Gasteiger partial charge in [-0.1, -0.05) is 23.8 Å². The van der Waals surface area contributed by atoms with E-state index < -0.39 is 33.6 Å². The highest BCUT2D eigenvalue weighted by Crippen LogP contribution is 2.38. The number of nitrogens with one attached hydrogen (secondary N) is 2. The van der Waals surface area contributed by atoms with Crippen LogP contribution in [-0.4, -0.2) is 35.6 Å². The highest BCUT2D eigenvalue weighted by Gasteiger charge is 2.40. The van der Waals surface area contributed by atoms with Crippen molar-refractivity contribution in [1.82, 2.24) is 20.1 Å². The van der Waals surface area contributed by atoms with Crippen LogP contribution in [0.5, 0.6) is 0 Å². The number of hydrogen-bond acceptors (Lipinski definition) is 5. The smallest absolute Gasteiger partial charge is 0.276 e. The third-order valence-corrected chi connectivity index (χ3v) is 8.80. The maximum atomic E-state index is 14.9. The Morgan fingerprint density at radius 2 is 1.92 bits per heavy atom. The van der Waals surface area contributed by atoms with Gasteiger partial charge in [0.2, 0.25) is 0 Å². The molecule has 0 bridgehead atoms. The third-order valence-electron chi connectivity index (χ3n) is 7.00. The fourth-order valence-electron chi connectivity index (χ4n) is 5.12. The van der Waals surface area contributed by atoms with Crippen molar-refractivity contribution in [1.29, 1.82) is 0 Å². The number of benzene rings is 1. The molecule has 0 saturated heterocycles. The lowest BCUT2D eigenvalue weighted by Crippen LogP contribution is -2.50. The number of allylic oxidation sites excluding steroid dienone is 4. The number of anilines is 1. The Hall–Kier alpha value is -3.99. The van der Waals surface area contributed by atoms with Gasteiger partial charge in [-0.2, -0.15) is 0 Å². The van der Waals surface area contributed by atoms with Gasteiger partial charge in [0.15, 0.2) is 5.82 Å². The summed E-state index contributed by atoms with van der Waals surface area (Å²) >= 11 is 0. The van der Waals surface area contributed by atoms with E-state index in [2.05, 4.69) is 22.0 Å². The number of halogens is 2. The first kappa shape index (κ1) is 26.6. The monoisotopic (exact) mass is 553 g/mol. The molecule has 2 aliphatic heterocycles. The Morgan fingerprint density at radius 1 is 1.21 bits per heavy atom. The lowest BCUT2D eigenvalue weighted by molar-refractivity contribution is 0.0461. The van der Waals surface area contributed by atoms with Gasteiger partial charge in [0, 0.05) is 41.6 Å². The molecule has 3 aromatic rings. The normalized spacial score (nSPS) is 19.3. The fourth-order valence-corrected chi connectivity index (χ4v) is 6.55. The van der Waals surface area contributed by atoms with Crippen LogP contribution in [0.1, 0.15) is 31.4 Å². The summed E-state index contributed by atoms with van der Waals surface area (Å²) in [6, 6.07) is 9.87. The zero-order valence-electron chi connectivity index (χ0n) is 21.8. The lowest BCUT2D eigenvalue weighted by Gasteiger charge is -2.35. The van der Waals surface area contributed by atoms with Gasteiger partial charge in [0.1, 0.15) is 5.66 Å². The number of alkyl halides is 2. The molecule has 1 aromatic carbocycles. The van der Waals surface area contributed by atoms with E-state index in [4.69, 9.17) is 0 Å². The molecule has 2 N–H and O–H groups in total. The average molecular weight is 554 g/mol. The molecule has 1 unspecified atom stereocenters. The van der Waals surface area contributed by atoms with E-state index in [9.17, 15) is 22.0 Å². The van der Waals surface area contributed by atoms with E-state index in [0.29, 0.717) is 22.5 Å². The van der Waals surface area contributed by atoms with Gasteiger partial charge >= 0.3 is 0 Å². The minimum atomic E-state index is -3.98. The predicted molar refractivity (Wildman–Crippen MR) is 146 cm³/mol. The van der Waals surface area contributed by atoms with Gasteiger partial charge in [0.25, 0.3) is 21.5 Å². The molecule has 1 atom stereocenters. The molecule has 2 aliphatic rings. The van der Waals surface area contributed by atoms with Gasteiger partial charge in [-0.05, 0) is 63.6 Å². The molecule has 204 valence electrons. The second-order valence-electron chi connectivity index (χ2n) is 10.0. The molecule has 8 nitrogen and oxygen atoms in total. The van der Waals surface area contributed by atoms with Crippen LogP contribution < -0.4 is 15.2 Å². The molecule has 0 spiro atoms. The Kier molecular flexibility index (Phi) is 6.37. The number of hydrogen-bond donors (Lipinski definition) is 2. The quantitative estimate of drug-likeness (QED) is 0.434. The molecule has 0 aliphatic carbocycles. The molecule has 4 heterocycles. The van der Waals surface area contributed by atoms with Crippen LogP contribution in [0.2, 0.25) is 0 Å².